The van der Waals surface area contributed by atoms with Crippen molar-refractivity contribution in [1.82, 2.24) is 0 Å². The lowest BCUT2D eigenvalue weighted by atomic mass is 9.77. The molecule has 2 aromatic carbocycles. The second-order valence-corrected chi connectivity index (χ2v) is 6.41. The van der Waals surface area contributed by atoms with Gasteiger partial charge in [-0.05, 0) is 37.3 Å². The first kappa shape index (κ1) is 14.4. The number of aliphatic imine (C=N–C) groups is 1. The van der Waals surface area contributed by atoms with Crippen molar-refractivity contribution in [3.8, 4) is 17.2 Å². The van der Waals surface area contributed by atoms with E-state index in [2.05, 4.69) is 20.9 Å². The molecule has 0 fully saturated rings. The van der Waals surface area contributed by atoms with Gasteiger partial charge < -0.3 is 19.9 Å². The van der Waals surface area contributed by atoms with Crippen LogP contribution in [-0.4, -0.2) is 19.2 Å². The Kier molecular flexibility index (Phi) is 3.06. The van der Waals surface area contributed by atoms with Crippen molar-refractivity contribution in [3.63, 3.8) is 0 Å². The minimum atomic E-state index is -0.762. The smallest absolute Gasteiger partial charge is 0.283 e. The molecule has 2 N–H and O–H groups in total. The summed E-state index contributed by atoms with van der Waals surface area (Å²) in [7, 11) is 1.63. The van der Waals surface area contributed by atoms with Crippen LogP contribution in [0.1, 0.15) is 18.1 Å². The summed E-state index contributed by atoms with van der Waals surface area (Å²) in [6, 6.07) is 11.7. The monoisotopic (exact) mass is 374 g/mol. The SMILES string of the molecule is COc1ccc2c(c1)C1(N=C(N)OC1C)c1c(Br)cccc1O2. The third kappa shape index (κ3) is 1.88. The zero-order valence-electron chi connectivity index (χ0n) is 12.7. The summed E-state index contributed by atoms with van der Waals surface area (Å²) in [5.41, 5.74) is 6.93. The van der Waals surface area contributed by atoms with Crippen molar-refractivity contribution in [2.75, 3.05) is 7.11 Å². The maximum Gasteiger partial charge on any atom is 0.283 e. The van der Waals surface area contributed by atoms with E-state index in [4.69, 9.17) is 19.9 Å². The van der Waals surface area contributed by atoms with Crippen molar-refractivity contribution in [2.24, 2.45) is 10.7 Å². The Hall–Kier alpha value is -2.21. The molecule has 1 spiro atoms. The van der Waals surface area contributed by atoms with Gasteiger partial charge >= 0.3 is 0 Å². The number of nitrogens with two attached hydrogens (primary N) is 1. The maximum atomic E-state index is 6.08. The van der Waals surface area contributed by atoms with E-state index in [-0.39, 0.29) is 12.1 Å². The third-order valence-electron chi connectivity index (χ3n) is 4.35. The number of methoxy groups -OCH3 is 1. The average Bonchev–Trinajstić information content (AvgIpc) is 2.82. The van der Waals surface area contributed by atoms with Gasteiger partial charge in [-0.2, -0.15) is 0 Å². The summed E-state index contributed by atoms with van der Waals surface area (Å²) in [5.74, 6) is 2.20. The van der Waals surface area contributed by atoms with E-state index >= 15 is 0 Å². The van der Waals surface area contributed by atoms with Crippen molar-refractivity contribution in [1.29, 1.82) is 0 Å². The van der Waals surface area contributed by atoms with Crippen molar-refractivity contribution >= 4 is 22.0 Å². The summed E-state index contributed by atoms with van der Waals surface area (Å²) < 4.78 is 18.1. The van der Waals surface area contributed by atoms with Crippen LogP contribution in [0.15, 0.2) is 45.9 Å². The fourth-order valence-electron chi connectivity index (χ4n) is 3.33. The number of hydrogen-bond acceptors (Lipinski definition) is 5. The van der Waals surface area contributed by atoms with Gasteiger partial charge in [0, 0.05) is 15.6 Å². The number of nitrogens with zero attached hydrogens (tertiary/aromatic N) is 1. The van der Waals surface area contributed by atoms with Gasteiger partial charge in [-0.3, -0.25) is 0 Å². The lowest BCUT2D eigenvalue weighted by molar-refractivity contribution is 0.165. The number of rotatable bonds is 1. The number of ether oxygens (including phenoxy) is 3. The van der Waals surface area contributed by atoms with Gasteiger partial charge in [-0.25, -0.2) is 4.99 Å². The molecule has 0 aromatic heterocycles. The molecule has 2 unspecified atom stereocenters. The van der Waals surface area contributed by atoms with Crippen molar-refractivity contribution < 1.29 is 14.2 Å². The van der Waals surface area contributed by atoms with Crippen LogP contribution < -0.4 is 15.2 Å². The van der Waals surface area contributed by atoms with Crippen LogP contribution in [0, 0.1) is 0 Å². The number of halogens is 1. The summed E-state index contributed by atoms with van der Waals surface area (Å²) in [6.45, 7) is 1.96. The quantitative estimate of drug-likeness (QED) is 0.828. The first-order valence-electron chi connectivity index (χ1n) is 7.23. The summed E-state index contributed by atoms with van der Waals surface area (Å²) in [5, 5.41) is 0. The molecule has 2 atom stereocenters. The summed E-state index contributed by atoms with van der Waals surface area (Å²) in [6.07, 6.45) is -0.269. The van der Waals surface area contributed by atoms with Crippen molar-refractivity contribution in [2.45, 2.75) is 18.6 Å². The van der Waals surface area contributed by atoms with Crippen LogP contribution in [0.5, 0.6) is 17.2 Å². The highest BCUT2D eigenvalue weighted by Crippen LogP contribution is 2.55. The zero-order chi connectivity index (χ0) is 16.2. The van der Waals surface area contributed by atoms with Gasteiger partial charge in [0.05, 0.1) is 7.11 Å². The minimum absolute atomic E-state index is 0.176. The Morgan fingerprint density at radius 1 is 1.26 bits per heavy atom. The Morgan fingerprint density at radius 2 is 2.09 bits per heavy atom. The predicted molar refractivity (Wildman–Crippen MR) is 90.2 cm³/mol. The van der Waals surface area contributed by atoms with E-state index in [0.717, 1.165) is 32.8 Å². The van der Waals surface area contributed by atoms with Gasteiger partial charge in [0.25, 0.3) is 6.02 Å². The molecule has 118 valence electrons. The molecular formula is C17H15BrN2O3. The predicted octanol–water partition coefficient (Wildman–Crippen LogP) is 3.54. The molecule has 0 saturated carbocycles. The normalized spacial score (nSPS) is 24.3. The molecular weight excluding hydrogens is 360 g/mol. The highest BCUT2D eigenvalue weighted by atomic mass is 79.9. The molecule has 2 aliphatic heterocycles. The Labute approximate surface area is 142 Å². The van der Waals surface area contributed by atoms with Gasteiger partial charge in [-0.1, -0.05) is 22.0 Å². The van der Waals surface area contributed by atoms with Gasteiger partial charge in [0.15, 0.2) is 5.54 Å². The molecule has 6 heteroatoms. The molecule has 23 heavy (non-hydrogen) atoms. The minimum Gasteiger partial charge on any atom is -0.497 e. The van der Waals surface area contributed by atoms with E-state index < -0.39 is 5.54 Å². The summed E-state index contributed by atoms with van der Waals surface area (Å²) >= 11 is 3.63. The fraction of sp³-hybridized carbons (Fsp3) is 0.235. The first-order valence-corrected chi connectivity index (χ1v) is 8.03. The number of fused-ring (bicyclic) bond motifs is 4. The average molecular weight is 375 g/mol. The molecule has 0 bridgehead atoms. The van der Waals surface area contributed by atoms with Crippen LogP contribution in [0.3, 0.4) is 0 Å². The highest BCUT2D eigenvalue weighted by Gasteiger charge is 2.53. The van der Waals surface area contributed by atoms with Gasteiger partial charge in [0.1, 0.15) is 23.4 Å². The van der Waals surface area contributed by atoms with Gasteiger partial charge in [-0.15, -0.1) is 0 Å². The second-order valence-electron chi connectivity index (χ2n) is 5.55. The zero-order valence-corrected chi connectivity index (χ0v) is 14.3. The number of benzene rings is 2. The second kappa shape index (κ2) is 4.89. The Morgan fingerprint density at radius 3 is 2.78 bits per heavy atom. The molecule has 2 aliphatic rings. The van der Waals surface area contributed by atoms with Gasteiger partial charge in [0.2, 0.25) is 0 Å². The van der Waals surface area contributed by atoms with Crippen LogP contribution >= 0.6 is 15.9 Å². The molecule has 2 aromatic rings. The van der Waals surface area contributed by atoms with Crippen LogP contribution in [0.4, 0.5) is 0 Å². The topological polar surface area (TPSA) is 66.1 Å². The standard InChI is InChI=1S/C17H15BrN2O3/c1-9-17(20-16(19)22-9)11-8-10(21-2)6-7-13(11)23-14-5-3-4-12(18)15(14)17/h3-9H,1-2H3,(H2,19,20). The molecule has 0 radical (unpaired) electrons. The lowest BCUT2D eigenvalue weighted by Crippen LogP contribution is -2.37. The van der Waals surface area contributed by atoms with Crippen LogP contribution in [0.25, 0.3) is 0 Å². The summed E-state index contributed by atoms with van der Waals surface area (Å²) in [4.78, 5) is 4.69. The molecule has 4 rings (SSSR count). The molecule has 0 saturated heterocycles. The molecule has 5 nitrogen and oxygen atoms in total. The largest absolute Gasteiger partial charge is 0.497 e. The maximum absolute atomic E-state index is 6.08. The number of hydrogen-bond donors (Lipinski definition) is 1. The number of amidine groups is 1. The van der Waals surface area contributed by atoms with E-state index in [1.54, 1.807) is 7.11 Å². The third-order valence-corrected chi connectivity index (χ3v) is 5.01. The highest BCUT2D eigenvalue weighted by molar-refractivity contribution is 9.10. The van der Waals surface area contributed by atoms with E-state index in [0.29, 0.717) is 0 Å². The molecule has 0 aliphatic carbocycles. The van der Waals surface area contributed by atoms with Crippen LogP contribution in [0.2, 0.25) is 0 Å². The van der Waals surface area contributed by atoms with E-state index in [1.165, 1.54) is 0 Å². The fourth-order valence-corrected chi connectivity index (χ4v) is 3.98. The molecule has 2 heterocycles. The lowest BCUT2D eigenvalue weighted by Gasteiger charge is -2.37. The van der Waals surface area contributed by atoms with Crippen LogP contribution in [-0.2, 0) is 10.3 Å². The Bertz CT molecular complexity index is 837. The Balaban J connectivity index is 2.08. The van der Waals surface area contributed by atoms with Crippen molar-refractivity contribution in [3.05, 3.63) is 52.0 Å². The van der Waals surface area contributed by atoms with E-state index in [9.17, 15) is 0 Å². The van der Waals surface area contributed by atoms with E-state index in [1.807, 2.05) is 43.3 Å². The molecule has 0 amide bonds. The first-order chi connectivity index (χ1) is 11.1.